The lowest BCUT2D eigenvalue weighted by atomic mass is 9.82. The molecule has 3 aliphatic heterocycles. The molecule has 0 saturated carbocycles. The number of carbonyl (C=O) groups excluding carboxylic acids is 1. The van der Waals surface area contributed by atoms with Gasteiger partial charge in [0.05, 0.1) is 29.5 Å². The van der Waals surface area contributed by atoms with Crippen LogP contribution in [0.3, 0.4) is 0 Å². The number of rotatable bonds is 3. The van der Waals surface area contributed by atoms with Crippen molar-refractivity contribution in [3.05, 3.63) is 63.6 Å². The molecule has 0 bridgehead atoms. The smallest absolute Gasteiger partial charge is 0.255 e. The number of morpholine rings is 1. The van der Waals surface area contributed by atoms with Crippen molar-refractivity contribution in [1.82, 2.24) is 9.80 Å². The van der Waals surface area contributed by atoms with E-state index >= 15 is 0 Å². The summed E-state index contributed by atoms with van der Waals surface area (Å²) in [5.41, 5.74) is 1.47. The molecule has 1 amide bonds. The molecule has 5 rings (SSSR count). The summed E-state index contributed by atoms with van der Waals surface area (Å²) in [5, 5.41) is 12.5. The SMILES string of the molecule is O=C(c1cccc(N2CCOCC2)c1Cl)N1CCN2C[C@](O)(c3ccc(Cl)cc3)CC[C@@H]2C1. The van der Waals surface area contributed by atoms with Crippen LogP contribution in [-0.2, 0) is 10.3 Å². The number of benzene rings is 2. The van der Waals surface area contributed by atoms with Gasteiger partial charge in [0, 0.05) is 50.3 Å². The highest BCUT2D eigenvalue weighted by molar-refractivity contribution is 6.36. The number of nitrogens with zero attached hydrogens (tertiary/aromatic N) is 3. The molecule has 8 heteroatoms. The number of hydrogen-bond donors (Lipinski definition) is 1. The van der Waals surface area contributed by atoms with E-state index in [4.69, 9.17) is 27.9 Å². The molecule has 33 heavy (non-hydrogen) atoms. The van der Waals surface area contributed by atoms with Crippen molar-refractivity contribution in [2.45, 2.75) is 24.5 Å². The van der Waals surface area contributed by atoms with Gasteiger partial charge in [-0.15, -0.1) is 0 Å². The minimum atomic E-state index is -0.886. The number of carbonyl (C=O) groups is 1. The monoisotopic (exact) mass is 489 g/mol. The van der Waals surface area contributed by atoms with Crippen LogP contribution in [0.2, 0.25) is 10.0 Å². The Kier molecular flexibility index (Phi) is 6.56. The van der Waals surface area contributed by atoms with Crippen LogP contribution >= 0.6 is 23.2 Å². The van der Waals surface area contributed by atoms with E-state index in [1.165, 1.54) is 0 Å². The Balaban J connectivity index is 1.27. The number of ether oxygens (including phenoxy) is 1. The highest BCUT2D eigenvalue weighted by Crippen LogP contribution is 2.37. The fourth-order valence-electron chi connectivity index (χ4n) is 5.28. The summed E-state index contributed by atoms with van der Waals surface area (Å²) >= 11 is 12.7. The summed E-state index contributed by atoms with van der Waals surface area (Å²) in [4.78, 5) is 19.8. The number of aliphatic hydroxyl groups is 1. The standard InChI is InChI=1S/C25H29Cl2N3O3/c26-19-6-4-18(5-7-19)25(32)9-8-20-16-29(10-11-30(20)17-25)24(31)21-2-1-3-22(23(21)27)28-12-14-33-15-13-28/h1-7,20,32H,8-17H2/t20-,25+/m1/s1. The Labute approximate surface area is 204 Å². The second-order valence-electron chi connectivity index (χ2n) is 9.19. The molecule has 2 atom stereocenters. The Morgan fingerprint density at radius 2 is 1.79 bits per heavy atom. The number of piperazine rings is 1. The minimum absolute atomic E-state index is 0.0201. The number of amides is 1. The van der Waals surface area contributed by atoms with Crippen LogP contribution in [0.5, 0.6) is 0 Å². The van der Waals surface area contributed by atoms with E-state index in [-0.39, 0.29) is 11.9 Å². The van der Waals surface area contributed by atoms with Crippen LogP contribution in [0, 0.1) is 0 Å². The average Bonchev–Trinajstić information content (AvgIpc) is 2.84. The first kappa shape index (κ1) is 22.9. The molecule has 0 aliphatic carbocycles. The Morgan fingerprint density at radius 1 is 1.03 bits per heavy atom. The Morgan fingerprint density at radius 3 is 2.55 bits per heavy atom. The number of piperidine rings is 1. The van der Waals surface area contributed by atoms with Gasteiger partial charge in [-0.05, 0) is 42.7 Å². The number of anilines is 1. The van der Waals surface area contributed by atoms with E-state index < -0.39 is 5.60 Å². The van der Waals surface area contributed by atoms with E-state index in [2.05, 4.69) is 9.80 Å². The lowest BCUT2D eigenvalue weighted by molar-refractivity contribution is -0.0740. The first-order valence-electron chi connectivity index (χ1n) is 11.6. The number of fused-ring (bicyclic) bond motifs is 1. The van der Waals surface area contributed by atoms with Gasteiger partial charge in [0.25, 0.3) is 5.91 Å². The number of halogens is 2. The molecule has 176 valence electrons. The summed E-state index contributed by atoms with van der Waals surface area (Å²) in [6.07, 6.45) is 1.48. The summed E-state index contributed by atoms with van der Waals surface area (Å²) in [7, 11) is 0. The Hall–Kier alpha value is -1.83. The van der Waals surface area contributed by atoms with Gasteiger partial charge in [-0.25, -0.2) is 0 Å². The normalized spacial score (nSPS) is 26.2. The molecular weight excluding hydrogens is 461 g/mol. The maximum atomic E-state index is 13.4. The van der Waals surface area contributed by atoms with Crippen LogP contribution < -0.4 is 4.90 Å². The zero-order valence-electron chi connectivity index (χ0n) is 18.6. The van der Waals surface area contributed by atoms with Gasteiger partial charge in [-0.3, -0.25) is 9.69 Å². The third-order valence-corrected chi connectivity index (χ3v) is 7.84. The summed E-state index contributed by atoms with van der Waals surface area (Å²) in [6.45, 7) is 5.43. The van der Waals surface area contributed by atoms with Crippen molar-refractivity contribution in [2.24, 2.45) is 0 Å². The highest BCUT2D eigenvalue weighted by atomic mass is 35.5. The zero-order chi connectivity index (χ0) is 23.0. The summed E-state index contributed by atoms with van der Waals surface area (Å²) in [5.74, 6) is -0.0201. The maximum Gasteiger partial charge on any atom is 0.255 e. The van der Waals surface area contributed by atoms with E-state index in [1.807, 2.05) is 47.4 Å². The van der Waals surface area contributed by atoms with Crippen LogP contribution in [0.15, 0.2) is 42.5 Å². The van der Waals surface area contributed by atoms with Crippen LogP contribution in [-0.4, -0.2) is 79.3 Å². The quantitative estimate of drug-likeness (QED) is 0.712. The molecule has 2 aromatic carbocycles. The van der Waals surface area contributed by atoms with Gasteiger partial charge < -0.3 is 19.6 Å². The summed E-state index contributed by atoms with van der Waals surface area (Å²) in [6, 6.07) is 13.4. The van der Waals surface area contributed by atoms with Gasteiger partial charge in [0.1, 0.15) is 5.60 Å². The molecule has 0 unspecified atom stereocenters. The topological polar surface area (TPSA) is 56.2 Å². The van der Waals surface area contributed by atoms with E-state index in [9.17, 15) is 9.90 Å². The second-order valence-corrected chi connectivity index (χ2v) is 10.0. The molecule has 0 spiro atoms. The molecule has 0 radical (unpaired) electrons. The van der Waals surface area contributed by atoms with Crippen molar-refractivity contribution in [3.63, 3.8) is 0 Å². The van der Waals surface area contributed by atoms with E-state index in [0.717, 1.165) is 37.3 Å². The van der Waals surface area contributed by atoms with Crippen LogP contribution in [0.25, 0.3) is 0 Å². The maximum absolute atomic E-state index is 13.4. The molecule has 3 heterocycles. The van der Waals surface area contributed by atoms with Crippen molar-refractivity contribution < 1.29 is 14.6 Å². The largest absolute Gasteiger partial charge is 0.384 e. The van der Waals surface area contributed by atoms with Crippen LogP contribution in [0.1, 0.15) is 28.8 Å². The second kappa shape index (κ2) is 9.43. The predicted molar refractivity (Wildman–Crippen MR) is 130 cm³/mol. The Bertz CT molecular complexity index is 1010. The molecule has 3 saturated heterocycles. The highest BCUT2D eigenvalue weighted by Gasteiger charge is 2.42. The molecule has 3 aliphatic rings. The molecule has 0 aromatic heterocycles. The molecule has 6 nitrogen and oxygen atoms in total. The lowest BCUT2D eigenvalue weighted by Gasteiger charge is -2.49. The first-order valence-corrected chi connectivity index (χ1v) is 12.3. The third kappa shape index (κ3) is 4.60. The van der Waals surface area contributed by atoms with Gasteiger partial charge in [0.2, 0.25) is 0 Å². The van der Waals surface area contributed by atoms with E-state index in [0.29, 0.717) is 54.9 Å². The van der Waals surface area contributed by atoms with Gasteiger partial charge in [-0.1, -0.05) is 41.4 Å². The van der Waals surface area contributed by atoms with Crippen LogP contribution in [0.4, 0.5) is 5.69 Å². The summed E-state index contributed by atoms with van der Waals surface area (Å²) < 4.78 is 5.44. The molecular formula is C25H29Cl2N3O3. The van der Waals surface area contributed by atoms with Crippen molar-refractivity contribution >= 4 is 34.8 Å². The first-order chi connectivity index (χ1) is 15.9. The van der Waals surface area contributed by atoms with E-state index in [1.54, 1.807) is 0 Å². The van der Waals surface area contributed by atoms with Crippen molar-refractivity contribution in [3.8, 4) is 0 Å². The molecule has 1 N–H and O–H groups in total. The predicted octanol–water partition coefficient (Wildman–Crippen LogP) is 3.64. The third-order valence-electron chi connectivity index (χ3n) is 7.19. The lowest BCUT2D eigenvalue weighted by Crippen LogP contribution is -2.60. The van der Waals surface area contributed by atoms with Crippen molar-refractivity contribution in [1.29, 1.82) is 0 Å². The van der Waals surface area contributed by atoms with Gasteiger partial charge in [0.15, 0.2) is 0 Å². The minimum Gasteiger partial charge on any atom is -0.384 e. The van der Waals surface area contributed by atoms with Crippen molar-refractivity contribution in [2.75, 3.05) is 57.4 Å². The zero-order valence-corrected chi connectivity index (χ0v) is 20.1. The fourth-order valence-corrected chi connectivity index (χ4v) is 5.73. The molecule has 2 aromatic rings. The van der Waals surface area contributed by atoms with Gasteiger partial charge in [-0.2, -0.15) is 0 Å². The fraction of sp³-hybridized carbons (Fsp3) is 0.480. The molecule has 3 fully saturated rings. The van der Waals surface area contributed by atoms with Gasteiger partial charge >= 0.3 is 0 Å². The number of hydrogen-bond acceptors (Lipinski definition) is 5. The average molecular weight is 490 g/mol.